The van der Waals surface area contributed by atoms with Crippen molar-refractivity contribution in [1.29, 1.82) is 0 Å². The Bertz CT molecular complexity index is 611. The number of aliphatic imine (C=N–C) groups is 1. The molecule has 2 aromatic rings. The highest BCUT2D eigenvalue weighted by Crippen LogP contribution is 2.14. The lowest BCUT2D eigenvalue weighted by molar-refractivity contribution is -0.144. The fourth-order valence-electron chi connectivity index (χ4n) is 1.74. The summed E-state index contributed by atoms with van der Waals surface area (Å²) in [7, 11) is 0. The number of aromatic nitrogens is 1. The van der Waals surface area contributed by atoms with Crippen molar-refractivity contribution in [3.05, 3.63) is 46.4 Å². The Morgan fingerprint density at radius 3 is 3.00 bits per heavy atom. The fourth-order valence-corrected chi connectivity index (χ4v) is 2.31. The second-order valence-corrected chi connectivity index (χ2v) is 5.01. The van der Waals surface area contributed by atoms with E-state index >= 15 is 0 Å². The maximum absolute atomic E-state index is 12.0. The number of carbonyl (C=O) groups excluding carboxylic acids is 1. The van der Waals surface area contributed by atoms with Crippen molar-refractivity contribution in [2.24, 2.45) is 4.99 Å². The van der Waals surface area contributed by atoms with Gasteiger partial charge in [0.05, 0.1) is 17.8 Å². The zero-order valence-electron chi connectivity index (χ0n) is 11.6. The molecule has 0 spiro atoms. The zero-order chi connectivity index (χ0) is 15.1. The van der Waals surface area contributed by atoms with Gasteiger partial charge in [-0.3, -0.25) is 4.99 Å². The molecule has 0 radical (unpaired) electrons. The molecule has 0 fully saturated rings. The molecule has 0 saturated carbocycles. The van der Waals surface area contributed by atoms with Gasteiger partial charge in [0.25, 0.3) is 0 Å². The Morgan fingerprint density at radius 2 is 2.33 bits per heavy atom. The van der Waals surface area contributed by atoms with E-state index in [1.165, 1.54) is 17.6 Å². The van der Waals surface area contributed by atoms with Gasteiger partial charge >= 0.3 is 5.97 Å². The normalized spacial score (nSPS) is 12.4. The SMILES string of the molecule is CCOC(=O)[C@@H](Cc1cscn1)N=Cc1ccccc1O. The third kappa shape index (κ3) is 4.39. The summed E-state index contributed by atoms with van der Waals surface area (Å²) < 4.78 is 5.03. The monoisotopic (exact) mass is 304 g/mol. The lowest BCUT2D eigenvalue weighted by Gasteiger charge is -2.10. The third-order valence-corrected chi connectivity index (χ3v) is 3.41. The number of ether oxygens (including phenoxy) is 1. The van der Waals surface area contributed by atoms with Crippen molar-refractivity contribution in [3.8, 4) is 5.75 Å². The Morgan fingerprint density at radius 1 is 1.52 bits per heavy atom. The standard InChI is InChI=1S/C15H16N2O3S/c1-2-20-15(19)13(7-12-9-21-10-17-12)16-8-11-5-3-4-6-14(11)18/h3-6,8-10,13,18H,2,7H2,1H3/t13-/m1/s1. The minimum absolute atomic E-state index is 0.123. The van der Waals surface area contributed by atoms with E-state index < -0.39 is 12.0 Å². The van der Waals surface area contributed by atoms with E-state index in [9.17, 15) is 9.90 Å². The van der Waals surface area contributed by atoms with E-state index in [0.717, 1.165) is 5.69 Å². The van der Waals surface area contributed by atoms with Gasteiger partial charge in [-0.1, -0.05) is 12.1 Å². The number of hydrogen-bond donors (Lipinski definition) is 1. The molecule has 0 amide bonds. The number of esters is 1. The summed E-state index contributed by atoms with van der Waals surface area (Å²) in [6, 6.07) is 6.16. The molecule has 2 rings (SSSR count). The quantitative estimate of drug-likeness (QED) is 0.657. The molecule has 0 unspecified atom stereocenters. The van der Waals surface area contributed by atoms with Crippen molar-refractivity contribution < 1.29 is 14.6 Å². The van der Waals surface area contributed by atoms with Gasteiger partial charge in [0.2, 0.25) is 0 Å². The third-order valence-electron chi connectivity index (χ3n) is 2.77. The van der Waals surface area contributed by atoms with Gasteiger partial charge in [-0.05, 0) is 19.1 Å². The van der Waals surface area contributed by atoms with Crippen molar-refractivity contribution in [1.82, 2.24) is 4.98 Å². The van der Waals surface area contributed by atoms with E-state index in [0.29, 0.717) is 18.6 Å². The number of nitrogens with zero attached hydrogens (tertiary/aromatic N) is 2. The van der Waals surface area contributed by atoms with Crippen LogP contribution in [0.25, 0.3) is 0 Å². The van der Waals surface area contributed by atoms with E-state index in [1.807, 2.05) is 5.38 Å². The molecule has 1 heterocycles. The number of carbonyl (C=O) groups is 1. The molecule has 21 heavy (non-hydrogen) atoms. The summed E-state index contributed by atoms with van der Waals surface area (Å²) in [5.41, 5.74) is 3.07. The van der Waals surface area contributed by atoms with E-state index in [2.05, 4.69) is 9.98 Å². The largest absolute Gasteiger partial charge is 0.507 e. The molecule has 0 aliphatic heterocycles. The second-order valence-electron chi connectivity index (χ2n) is 4.29. The number of hydrogen-bond acceptors (Lipinski definition) is 6. The number of benzene rings is 1. The van der Waals surface area contributed by atoms with E-state index in [4.69, 9.17) is 4.74 Å². The van der Waals surface area contributed by atoms with Gasteiger partial charge in [0, 0.05) is 23.6 Å². The lowest BCUT2D eigenvalue weighted by Crippen LogP contribution is -2.24. The van der Waals surface area contributed by atoms with Crippen LogP contribution in [0.15, 0.2) is 40.1 Å². The van der Waals surface area contributed by atoms with Crippen LogP contribution in [-0.4, -0.2) is 34.9 Å². The van der Waals surface area contributed by atoms with Crippen molar-refractivity contribution in [2.45, 2.75) is 19.4 Å². The average Bonchev–Trinajstić information content (AvgIpc) is 2.98. The summed E-state index contributed by atoms with van der Waals surface area (Å²) in [6.07, 6.45) is 1.87. The molecular weight excluding hydrogens is 288 g/mol. The maximum Gasteiger partial charge on any atom is 0.331 e. The first-order valence-electron chi connectivity index (χ1n) is 6.55. The first kappa shape index (κ1) is 15.2. The van der Waals surface area contributed by atoms with Crippen LogP contribution in [0.1, 0.15) is 18.2 Å². The van der Waals surface area contributed by atoms with Crippen molar-refractivity contribution in [2.75, 3.05) is 6.61 Å². The van der Waals surface area contributed by atoms with Crippen molar-refractivity contribution >= 4 is 23.5 Å². The Hall–Kier alpha value is -2.21. The molecular formula is C15H16N2O3S. The van der Waals surface area contributed by atoms with Crippen molar-refractivity contribution in [3.63, 3.8) is 0 Å². The molecule has 1 atom stereocenters. The number of rotatable bonds is 6. The lowest BCUT2D eigenvalue weighted by atomic mass is 10.1. The number of para-hydroxylation sites is 1. The van der Waals surface area contributed by atoms with Crippen LogP contribution in [0, 0.1) is 0 Å². The predicted molar refractivity (Wildman–Crippen MR) is 81.9 cm³/mol. The van der Waals surface area contributed by atoms with Crippen LogP contribution >= 0.6 is 11.3 Å². The Balaban J connectivity index is 2.15. The molecule has 0 aliphatic carbocycles. The summed E-state index contributed by atoms with van der Waals surface area (Å²) in [5, 5.41) is 11.6. The maximum atomic E-state index is 12.0. The molecule has 1 N–H and O–H groups in total. The molecule has 5 nitrogen and oxygen atoms in total. The number of thiazole rings is 1. The fraction of sp³-hybridized carbons (Fsp3) is 0.267. The number of phenolic OH excluding ortho intramolecular Hbond substituents is 1. The minimum Gasteiger partial charge on any atom is -0.507 e. The number of aromatic hydroxyl groups is 1. The van der Waals surface area contributed by atoms with Gasteiger partial charge in [0.1, 0.15) is 5.75 Å². The smallest absolute Gasteiger partial charge is 0.331 e. The number of phenols is 1. The minimum atomic E-state index is -0.661. The molecule has 1 aromatic carbocycles. The average molecular weight is 304 g/mol. The van der Waals surface area contributed by atoms with Gasteiger partial charge in [-0.15, -0.1) is 11.3 Å². The zero-order valence-corrected chi connectivity index (χ0v) is 12.4. The van der Waals surface area contributed by atoms with Crippen LogP contribution in [0.4, 0.5) is 0 Å². The molecule has 1 aromatic heterocycles. The molecule has 0 bridgehead atoms. The van der Waals surface area contributed by atoms with Crippen LogP contribution in [0.5, 0.6) is 5.75 Å². The predicted octanol–water partition coefficient (Wildman–Crippen LogP) is 2.44. The van der Waals surface area contributed by atoms with Gasteiger partial charge in [-0.25, -0.2) is 9.78 Å². The van der Waals surface area contributed by atoms with Gasteiger partial charge in [0.15, 0.2) is 6.04 Å². The van der Waals surface area contributed by atoms with Crippen LogP contribution in [0.3, 0.4) is 0 Å². The summed E-state index contributed by atoms with van der Waals surface area (Å²) >= 11 is 1.47. The molecule has 110 valence electrons. The topological polar surface area (TPSA) is 71.8 Å². The molecule has 6 heteroatoms. The van der Waals surface area contributed by atoms with Crippen LogP contribution < -0.4 is 0 Å². The summed E-state index contributed by atoms with van der Waals surface area (Å²) in [6.45, 7) is 2.06. The summed E-state index contributed by atoms with van der Waals surface area (Å²) in [4.78, 5) is 20.4. The first-order valence-corrected chi connectivity index (χ1v) is 7.50. The highest BCUT2D eigenvalue weighted by molar-refractivity contribution is 7.07. The summed E-state index contributed by atoms with van der Waals surface area (Å²) in [5.74, 6) is -0.269. The van der Waals surface area contributed by atoms with Gasteiger partial charge < -0.3 is 9.84 Å². The highest BCUT2D eigenvalue weighted by Gasteiger charge is 2.19. The van der Waals surface area contributed by atoms with Crippen LogP contribution in [-0.2, 0) is 16.0 Å². The first-order chi connectivity index (χ1) is 10.2. The van der Waals surface area contributed by atoms with Crippen LogP contribution in [0.2, 0.25) is 0 Å². The second kappa shape index (κ2) is 7.54. The Labute approximate surface area is 127 Å². The Kier molecular flexibility index (Phi) is 5.45. The highest BCUT2D eigenvalue weighted by atomic mass is 32.1. The molecule has 0 saturated heterocycles. The van der Waals surface area contributed by atoms with Gasteiger partial charge in [-0.2, -0.15) is 0 Å². The van der Waals surface area contributed by atoms with E-state index in [1.54, 1.807) is 36.7 Å². The molecule has 0 aliphatic rings. The van der Waals surface area contributed by atoms with E-state index in [-0.39, 0.29) is 5.75 Å².